The van der Waals surface area contributed by atoms with Crippen LogP contribution < -0.4 is 10.1 Å². The summed E-state index contributed by atoms with van der Waals surface area (Å²) >= 11 is 6.14. The van der Waals surface area contributed by atoms with Gasteiger partial charge >= 0.3 is 0 Å². The summed E-state index contributed by atoms with van der Waals surface area (Å²) in [5.41, 5.74) is 0.550. The number of carbonyl (C=O) groups is 1. The van der Waals surface area contributed by atoms with Crippen LogP contribution in [0, 0.1) is 17.2 Å². The van der Waals surface area contributed by atoms with Gasteiger partial charge in [0.05, 0.1) is 16.1 Å². The van der Waals surface area contributed by atoms with Crippen molar-refractivity contribution < 1.29 is 17.9 Å². The van der Waals surface area contributed by atoms with Crippen LogP contribution >= 0.6 is 11.6 Å². The highest BCUT2D eigenvalue weighted by molar-refractivity contribution is 7.89. The lowest BCUT2D eigenvalue weighted by atomic mass is 9.97. The number of nitrogens with zero attached hydrogens (tertiary/aromatic N) is 2. The van der Waals surface area contributed by atoms with E-state index in [0.29, 0.717) is 35.1 Å². The molecular weight excluding hydrogens is 474 g/mol. The number of hydrogen-bond donors (Lipinski definition) is 1. The zero-order valence-corrected chi connectivity index (χ0v) is 19.7. The topological polar surface area (TPSA) is 99.5 Å². The minimum Gasteiger partial charge on any atom is -0.455 e. The minimum atomic E-state index is -3.82. The first kappa shape index (κ1) is 23.8. The number of ether oxygens (including phenoxy) is 1. The number of sulfonamides is 1. The van der Waals surface area contributed by atoms with Crippen molar-refractivity contribution in [2.75, 3.05) is 18.4 Å². The highest BCUT2D eigenvalue weighted by atomic mass is 35.5. The average molecular weight is 496 g/mol. The van der Waals surface area contributed by atoms with Crippen molar-refractivity contribution in [2.24, 2.45) is 5.92 Å². The second-order valence-corrected chi connectivity index (χ2v) is 10.2. The summed E-state index contributed by atoms with van der Waals surface area (Å²) in [4.78, 5) is 13.0. The number of nitrogens with one attached hydrogen (secondary N) is 1. The molecule has 7 nitrogen and oxygen atoms in total. The summed E-state index contributed by atoms with van der Waals surface area (Å²) in [5, 5.41) is 12.6. The fraction of sp³-hybridized carbons (Fsp3) is 0.200. The van der Waals surface area contributed by atoms with Crippen LogP contribution in [0.2, 0.25) is 5.02 Å². The molecular formula is C25H22ClN3O4S. The molecule has 0 radical (unpaired) electrons. The summed E-state index contributed by atoms with van der Waals surface area (Å²) < 4.78 is 33.3. The second kappa shape index (κ2) is 10.3. The minimum absolute atomic E-state index is 0.0120. The van der Waals surface area contributed by atoms with Crippen molar-refractivity contribution >= 4 is 33.2 Å². The number of rotatable bonds is 6. The molecule has 1 fully saturated rings. The molecule has 9 heteroatoms. The Morgan fingerprint density at radius 1 is 1.03 bits per heavy atom. The largest absolute Gasteiger partial charge is 0.455 e. The molecule has 174 valence electrons. The predicted octanol–water partition coefficient (Wildman–Crippen LogP) is 5.04. The Bertz CT molecular complexity index is 1330. The van der Waals surface area contributed by atoms with E-state index in [4.69, 9.17) is 16.3 Å². The summed E-state index contributed by atoms with van der Waals surface area (Å²) in [6, 6.07) is 22.2. The molecule has 1 heterocycles. The van der Waals surface area contributed by atoms with Crippen LogP contribution in [0.3, 0.4) is 0 Å². The van der Waals surface area contributed by atoms with E-state index in [1.807, 2.05) is 24.3 Å². The molecule has 0 saturated carbocycles. The average Bonchev–Trinajstić information content (AvgIpc) is 2.86. The molecule has 1 saturated heterocycles. The molecule has 34 heavy (non-hydrogen) atoms. The number of nitriles is 1. The van der Waals surface area contributed by atoms with Gasteiger partial charge in [-0.3, -0.25) is 4.79 Å². The van der Waals surface area contributed by atoms with Gasteiger partial charge in [-0.2, -0.15) is 9.57 Å². The van der Waals surface area contributed by atoms with Crippen molar-refractivity contribution in [3.8, 4) is 17.6 Å². The Labute approximate surface area is 203 Å². The van der Waals surface area contributed by atoms with Crippen molar-refractivity contribution in [3.63, 3.8) is 0 Å². The number of anilines is 1. The van der Waals surface area contributed by atoms with E-state index in [1.54, 1.807) is 42.5 Å². The molecule has 1 aliphatic rings. The van der Waals surface area contributed by atoms with Crippen LogP contribution in [0.15, 0.2) is 77.7 Å². The van der Waals surface area contributed by atoms with Crippen molar-refractivity contribution in [1.29, 1.82) is 5.26 Å². The summed E-state index contributed by atoms with van der Waals surface area (Å²) in [6.07, 6.45) is 0.713. The first-order chi connectivity index (χ1) is 16.4. The first-order valence-electron chi connectivity index (χ1n) is 10.7. The van der Waals surface area contributed by atoms with Crippen molar-refractivity contribution in [3.05, 3.63) is 83.4 Å². The van der Waals surface area contributed by atoms with Crippen LogP contribution in [0.1, 0.15) is 18.4 Å². The van der Waals surface area contributed by atoms with Crippen LogP contribution in [0.5, 0.6) is 11.5 Å². The standard InChI is InChI=1S/C25H22ClN3O4S/c26-20-10-11-23(33-21-7-2-1-3-8-21)22(16-20)28-25(30)18-12-14-29(15-13-18)34(31,32)24-9-5-4-6-19(24)17-27/h1-11,16,18H,12-15H2,(H,28,30). The number of amides is 1. The fourth-order valence-corrected chi connectivity index (χ4v) is 5.60. The van der Waals surface area contributed by atoms with Gasteiger partial charge in [0.15, 0.2) is 5.75 Å². The molecule has 1 amide bonds. The van der Waals surface area contributed by atoms with Gasteiger partial charge in [0, 0.05) is 24.0 Å². The molecule has 1 N–H and O–H groups in total. The van der Waals surface area contributed by atoms with Crippen LogP contribution in [0.25, 0.3) is 0 Å². The van der Waals surface area contributed by atoms with E-state index in [0.717, 1.165) is 0 Å². The van der Waals surface area contributed by atoms with Gasteiger partial charge in [-0.25, -0.2) is 8.42 Å². The molecule has 4 rings (SSSR count). The van der Waals surface area contributed by atoms with Crippen LogP contribution in [-0.2, 0) is 14.8 Å². The number of para-hydroxylation sites is 1. The highest BCUT2D eigenvalue weighted by Crippen LogP contribution is 2.33. The molecule has 3 aromatic rings. The van der Waals surface area contributed by atoms with Gasteiger partial charge in [-0.15, -0.1) is 0 Å². The maximum absolute atomic E-state index is 13.0. The first-order valence-corrected chi connectivity index (χ1v) is 12.5. The third-order valence-corrected chi connectivity index (χ3v) is 7.81. The molecule has 0 aromatic heterocycles. The van der Waals surface area contributed by atoms with E-state index in [2.05, 4.69) is 5.32 Å². The summed E-state index contributed by atoms with van der Waals surface area (Å²) in [6.45, 7) is 0.367. The Morgan fingerprint density at radius 3 is 2.41 bits per heavy atom. The van der Waals surface area contributed by atoms with E-state index in [-0.39, 0.29) is 35.4 Å². The Kier molecular flexibility index (Phi) is 7.17. The van der Waals surface area contributed by atoms with Gasteiger partial charge < -0.3 is 10.1 Å². The predicted molar refractivity (Wildman–Crippen MR) is 129 cm³/mol. The van der Waals surface area contributed by atoms with Crippen molar-refractivity contribution in [2.45, 2.75) is 17.7 Å². The number of carbonyl (C=O) groups excluding carboxylic acids is 1. The monoisotopic (exact) mass is 495 g/mol. The second-order valence-electron chi connectivity index (χ2n) is 7.83. The van der Waals surface area contributed by atoms with Crippen LogP contribution in [-0.4, -0.2) is 31.7 Å². The van der Waals surface area contributed by atoms with Gasteiger partial charge in [-0.1, -0.05) is 41.9 Å². The van der Waals surface area contributed by atoms with Crippen molar-refractivity contribution in [1.82, 2.24) is 4.31 Å². The normalized spacial score (nSPS) is 14.8. The molecule has 0 unspecified atom stereocenters. The van der Waals surface area contributed by atoms with Crippen LogP contribution in [0.4, 0.5) is 5.69 Å². The molecule has 0 aliphatic carbocycles. The third kappa shape index (κ3) is 5.23. The number of piperidine rings is 1. The maximum atomic E-state index is 13.0. The lowest BCUT2D eigenvalue weighted by molar-refractivity contribution is -0.120. The van der Waals surface area contributed by atoms with E-state index >= 15 is 0 Å². The number of halogens is 1. The molecule has 1 aliphatic heterocycles. The quantitative estimate of drug-likeness (QED) is 0.516. The van der Waals surface area contributed by atoms with E-state index in [1.165, 1.54) is 16.4 Å². The zero-order valence-electron chi connectivity index (χ0n) is 18.1. The zero-order chi connectivity index (χ0) is 24.1. The summed E-state index contributed by atoms with van der Waals surface area (Å²) in [7, 11) is -3.82. The fourth-order valence-electron chi connectivity index (χ4n) is 3.82. The summed E-state index contributed by atoms with van der Waals surface area (Å²) in [5.74, 6) is 0.476. The Hall–Kier alpha value is -3.38. The lowest BCUT2D eigenvalue weighted by Crippen LogP contribution is -2.41. The molecule has 3 aromatic carbocycles. The molecule has 0 bridgehead atoms. The van der Waals surface area contributed by atoms with E-state index in [9.17, 15) is 18.5 Å². The Balaban J connectivity index is 1.44. The van der Waals surface area contributed by atoms with Gasteiger partial charge in [0.1, 0.15) is 11.8 Å². The third-order valence-electron chi connectivity index (χ3n) is 5.62. The van der Waals surface area contributed by atoms with Gasteiger partial charge in [-0.05, 0) is 55.3 Å². The van der Waals surface area contributed by atoms with E-state index < -0.39 is 10.0 Å². The molecule has 0 spiro atoms. The number of benzene rings is 3. The smallest absolute Gasteiger partial charge is 0.244 e. The number of hydrogen-bond acceptors (Lipinski definition) is 5. The molecule has 0 atom stereocenters. The van der Waals surface area contributed by atoms with Gasteiger partial charge in [0.25, 0.3) is 0 Å². The Morgan fingerprint density at radius 2 is 1.71 bits per heavy atom. The highest BCUT2D eigenvalue weighted by Gasteiger charge is 2.33. The lowest BCUT2D eigenvalue weighted by Gasteiger charge is -2.30. The SMILES string of the molecule is N#Cc1ccccc1S(=O)(=O)N1CCC(C(=O)Nc2cc(Cl)ccc2Oc2ccccc2)CC1. The van der Waals surface area contributed by atoms with Gasteiger partial charge in [0.2, 0.25) is 15.9 Å². The maximum Gasteiger partial charge on any atom is 0.244 e.